The number of aromatic nitrogens is 2. The van der Waals surface area contributed by atoms with Crippen LogP contribution in [0.4, 0.5) is 0 Å². The molecule has 0 aliphatic heterocycles. The molecule has 0 saturated carbocycles. The molecule has 1 N–H and O–H groups in total. The van der Waals surface area contributed by atoms with E-state index in [1.807, 2.05) is 48.9 Å². The summed E-state index contributed by atoms with van der Waals surface area (Å²) in [4.78, 5) is 11.2. The Kier molecular flexibility index (Phi) is 3.80. The molecule has 1 aromatic heterocycles. The molecule has 0 saturated heterocycles. The van der Waals surface area contributed by atoms with Crippen LogP contribution in [-0.4, -0.2) is 15.7 Å². The summed E-state index contributed by atoms with van der Waals surface area (Å²) in [5.41, 5.74) is 4.10. The number of carbonyl (C=O) groups is 1. The molecule has 98 valence electrons. The van der Waals surface area contributed by atoms with Crippen LogP contribution in [0.2, 0.25) is 0 Å². The van der Waals surface area contributed by atoms with E-state index >= 15 is 0 Å². The van der Waals surface area contributed by atoms with Crippen LogP contribution in [0.1, 0.15) is 17.0 Å². The van der Waals surface area contributed by atoms with Gasteiger partial charge in [-0.25, -0.2) is 4.68 Å². The molecule has 0 unspecified atom stereocenters. The van der Waals surface area contributed by atoms with Gasteiger partial charge in [-0.3, -0.25) is 4.79 Å². The second kappa shape index (κ2) is 5.52. The summed E-state index contributed by atoms with van der Waals surface area (Å²) in [7, 11) is 0. The van der Waals surface area contributed by atoms with Crippen LogP contribution in [0.5, 0.6) is 0 Å². The largest absolute Gasteiger partial charge is 0.348 e. The van der Waals surface area contributed by atoms with Crippen LogP contribution < -0.4 is 5.32 Å². The van der Waals surface area contributed by atoms with Crippen molar-refractivity contribution in [3.8, 4) is 5.69 Å². The van der Waals surface area contributed by atoms with E-state index in [2.05, 4.69) is 17.0 Å². The average molecular weight is 255 g/mol. The number of rotatable bonds is 4. The lowest BCUT2D eigenvalue weighted by Gasteiger charge is -2.07. The van der Waals surface area contributed by atoms with Crippen molar-refractivity contribution in [1.29, 1.82) is 0 Å². The predicted octanol–water partition coefficient (Wildman–Crippen LogP) is 2.29. The maximum Gasteiger partial charge on any atom is 0.243 e. The van der Waals surface area contributed by atoms with Gasteiger partial charge in [0, 0.05) is 12.2 Å². The lowest BCUT2D eigenvalue weighted by molar-refractivity contribution is -0.116. The van der Waals surface area contributed by atoms with E-state index in [0.29, 0.717) is 6.54 Å². The first-order valence-electron chi connectivity index (χ1n) is 6.13. The maximum atomic E-state index is 11.2. The SMILES string of the molecule is C=CC(=O)NCc1cccc(-n2nc(C)cc2C)c1. The van der Waals surface area contributed by atoms with E-state index in [1.165, 1.54) is 6.08 Å². The highest BCUT2D eigenvalue weighted by atomic mass is 16.1. The molecular formula is C15H17N3O. The first-order chi connectivity index (χ1) is 9.10. The smallest absolute Gasteiger partial charge is 0.243 e. The summed E-state index contributed by atoms with van der Waals surface area (Å²) in [6.45, 7) is 7.90. The highest BCUT2D eigenvalue weighted by Crippen LogP contribution is 2.13. The van der Waals surface area contributed by atoms with Gasteiger partial charge < -0.3 is 5.32 Å². The molecule has 0 fully saturated rings. The van der Waals surface area contributed by atoms with Crippen molar-refractivity contribution in [2.45, 2.75) is 20.4 Å². The van der Waals surface area contributed by atoms with Crippen molar-refractivity contribution in [3.63, 3.8) is 0 Å². The molecule has 1 heterocycles. The molecule has 19 heavy (non-hydrogen) atoms. The second-order valence-electron chi connectivity index (χ2n) is 4.43. The number of hydrogen-bond donors (Lipinski definition) is 1. The molecule has 2 rings (SSSR count). The normalized spacial score (nSPS) is 10.2. The van der Waals surface area contributed by atoms with E-state index in [4.69, 9.17) is 0 Å². The zero-order valence-corrected chi connectivity index (χ0v) is 11.2. The first kappa shape index (κ1) is 13.1. The van der Waals surface area contributed by atoms with Gasteiger partial charge in [0.2, 0.25) is 5.91 Å². The van der Waals surface area contributed by atoms with Crippen LogP contribution in [-0.2, 0) is 11.3 Å². The zero-order valence-electron chi connectivity index (χ0n) is 11.2. The van der Waals surface area contributed by atoms with Crippen LogP contribution in [0.25, 0.3) is 5.69 Å². The van der Waals surface area contributed by atoms with Gasteiger partial charge in [-0.05, 0) is 43.7 Å². The van der Waals surface area contributed by atoms with Crippen LogP contribution in [0, 0.1) is 13.8 Å². The molecule has 0 spiro atoms. The van der Waals surface area contributed by atoms with E-state index in [-0.39, 0.29) is 5.91 Å². The van der Waals surface area contributed by atoms with Gasteiger partial charge in [-0.1, -0.05) is 18.7 Å². The lowest BCUT2D eigenvalue weighted by atomic mass is 10.2. The fourth-order valence-corrected chi connectivity index (χ4v) is 1.95. The highest BCUT2D eigenvalue weighted by molar-refractivity contribution is 5.86. The summed E-state index contributed by atoms with van der Waals surface area (Å²) in [6, 6.07) is 9.98. The van der Waals surface area contributed by atoms with Gasteiger partial charge in [0.05, 0.1) is 11.4 Å². The number of nitrogens with zero attached hydrogens (tertiary/aromatic N) is 2. The van der Waals surface area contributed by atoms with Gasteiger partial charge in [-0.2, -0.15) is 5.10 Å². The minimum Gasteiger partial charge on any atom is -0.348 e. The summed E-state index contributed by atoms with van der Waals surface area (Å²) < 4.78 is 1.90. The molecule has 0 bridgehead atoms. The molecule has 0 atom stereocenters. The van der Waals surface area contributed by atoms with Crippen LogP contribution >= 0.6 is 0 Å². The van der Waals surface area contributed by atoms with Crippen molar-refractivity contribution in [2.24, 2.45) is 0 Å². The standard InChI is InChI=1S/C15H17N3O/c1-4-15(19)16-10-13-6-5-7-14(9-13)18-12(3)8-11(2)17-18/h4-9H,1,10H2,2-3H3,(H,16,19). The molecule has 4 nitrogen and oxygen atoms in total. The summed E-state index contributed by atoms with van der Waals surface area (Å²) >= 11 is 0. The van der Waals surface area contributed by atoms with Crippen LogP contribution in [0.15, 0.2) is 43.0 Å². The van der Waals surface area contributed by atoms with Crippen molar-refractivity contribution in [1.82, 2.24) is 15.1 Å². The Morgan fingerprint density at radius 1 is 1.42 bits per heavy atom. The first-order valence-corrected chi connectivity index (χ1v) is 6.13. The van der Waals surface area contributed by atoms with Gasteiger partial charge in [0.25, 0.3) is 0 Å². The number of hydrogen-bond acceptors (Lipinski definition) is 2. The Bertz CT molecular complexity index is 614. The maximum absolute atomic E-state index is 11.2. The molecular weight excluding hydrogens is 238 g/mol. The van der Waals surface area contributed by atoms with Gasteiger partial charge in [0.15, 0.2) is 0 Å². The fraction of sp³-hybridized carbons (Fsp3) is 0.200. The van der Waals surface area contributed by atoms with E-state index in [0.717, 1.165) is 22.6 Å². The van der Waals surface area contributed by atoms with Crippen molar-refractivity contribution < 1.29 is 4.79 Å². The van der Waals surface area contributed by atoms with Crippen molar-refractivity contribution in [3.05, 3.63) is 59.9 Å². The molecule has 1 amide bonds. The molecule has 4 heteroatoms. The van der Waals surface area contributed by atoms with E-state index < -0.39 is 0 Å². The molecule has 0 aliphatic rings. The Morgan fingerprint density at radius 3 is 2.84 bits per heavy atom. The van der Waals surface area contributed by atoms with E-state index in [1.54, 1.807) is 0 Å². The molecule has 0 aliphatic carbocycles. The second-order valence-corrected chi connectivity index (χ2v) is 4.43. The Hall–Kier alpha value is -2.36. The quantitative estimate of drug-likeness (QED) is 0.852. The third-order valence-corrected chi connectivity index (χ3v) is 2.82. The van der Waals surface area contributed by atoms with Crippen molar-refractivity contribution >= 4 is 5.91 Å². The summed E-state index contributed by atoms with van der Waals surface area (Å²) in [5, 5.41) is 7.21. The number of nitrogens with one attached hydrogen (secondary N) is 1. The Morgan fingerprint density at radius 2 is 2.21 bits per heavy atom. The Labute approximate surface area is 112 Å². The monoisotopic (exact) mass is 255 g/mol. The number of carbonyl (C=O) groups excluding carboxylic acids is 1. The zero-order chi connectivity index (χ0) is 13.8. The number of benzene rings is 1. The number of aryl methyl sites for hydroxylation is 2. The Balaban J connectivity index is 2.22. The van der Waals surface area contributed by atoms with Gasteiger partial charge >= 0.3 is 0 Å². The molecule has 0 radical (unpaired) electrons. The minimum absolute atomic E-state index is 0.170. The van der Waals surface area contributed by atoms with E-state index in [9.17, 15) is 4.79 Å². The fourth-order valence-electron chi connectivity index (χ4n) is 1.95. The van der Waals surface area contributed by atoms with Gasteiger partial charge in [-0.15, -0.1) is 0 Å². The average Bonchev–Trinajstić information content (AvgIpc) is 2.75. The molecule has 1 aromatic carbocycles. The van der Waals surface area contributed by atoms with Crippen LogP contribution in [0.3, 0.4) is 0 Å². The lowest BCUT2D eigenvalue weighted by Crippen LogP contribution is -2.20. The summed E-state index contributed by atoms with van der Waals surface area (Å²) in [6.07, 6.45) is 1.27. The topological polar surface area (TPSA) is 46.9 Å². The third kappa shape index (κ3) is 3.10. The number of amides is 1. The van der Waals surface area contributed by atoms with Gasteiger partial charge in [0.1, 0.15) is 0 Å². The highest BCUT2D eigenvalue weighted by Gasteiger charge is 2.04. The third-order valence-electron chi connectivity index (χ3n) is 2.82. The minimum atomic E-state index is -0.170. The van der Waals surface area contributed by atoms with Crippen molar-refractivity contribution in [2.75, 3.05) is 0 Å². The molecule has 2 aromatic rings. The predicted molar refractivity (Wildman–Crippen MR) is 75.1 cm³/mol. The summed E-state index contributed by atoms with van der Waals surface area (Å²) in [5.74, 6) is -0.170.